The lowest BCUT2D eigenvalue weighted by Gasteiger charge is -2.13. The highest BCUT2D eigenvalue weighted by Crippen LogP contribution is 2.40. The van der Waals surface area contributed by atoms with E-state index >= 15 is 0 Å². The number of hydrogen-bond acceptors (Lipinski definition) is 4. The second-order valence-corrected chi connectivity index (χ2v) is 5.34. The molecule has 0 fully saturated rings. The Kier molecular flexibility index (Phi) is 4.68. The van der Waals surface area contributed by atoms with Crippen LogP contribution in [0.4, 0.5) is 0 Å². The Hall–Kier alpha value is -2.98. The quantitative estimate of drug-likeness (QED) is 0.828. The van der Waals surface area contributed by atoms with E-state index in [1.54, 1.807) is 42.5 Å². The van der Waals surface area contributed by atoms with Crippen LogP contribution in [0.3, 0.4) is 0 Å². The second kappa shape index (κ2) is 7.06. The van der Waals surface area contributed by atoms with E-state index < -0.39 is 6.10 Å². The number of benzene rings is 2. The van der Waals surface area contributed by atoms with Gasteiger partial charge >= 0.3 is 0 Å². The SMILES string of the molecule is COc1c(O)cc2cc1Oc1ccc(cc1)C=C[C@H](O)/C=C/C=C2. The number of ether oxygens (including phenoxy) is 2. The monoisotopic (exact) mass is 322 g/mol. The van der Waals surface area contributed by atoms with E-state index in [1.807, 2.05) is 30.3 Å². The molecule has 2 N–H and O–H groups in total. The van der Waals surface area contributed by atoms with E-state index in [9.17, 15) is 10.2 Å². The summed E-state index contributed by atoms with van der Waals surface area (Å²) in [5.74, 6) is 1.34. The molecule has 0 saturated carbocycles. The Morgan fingerprint density at radius 3 is 2.50 bits per heavy atom. The van der Waals surface area contributed by atoms with Crippen molar-refractivity contribution in [3.63, 3.8) is 0 Å². The van der Waals surface area contributed by atoms with Crippen LogP contribution in [0, 0.1) is 0 Å². The summed E-state index contributed by atoms with van der Waals surface area (Å²) in [4.78, 5) is 0. The van der Waals surface area contributed by atoms with Gasteiger partial charge < -0.3 is 19.7 Å². The summed E-state index contributed by atoms with van der Waals surface area (Å²) >= 11 is 0. The fraction of sp³-hybridized carbons (Fsp3) is 0.100. The van der Waals surface area contributed by atoms with E-state index in [2.05, 4.69) is 0 Å². The van der Waals surface area contributed by atoms with Crippen molar-refractivity contribution in [3.8, 4) is 23.0 Å². The first kappa shape index (κ1) is 15.9. The number of rotatable bonds is 1. The van der Waals surface area contributed by atoms with Gasteiger partial charge in [0, 0.05) is 0 Å². The van der Waals surface area contributed by atoms with E-state index in [4.69, 9.17) is 9.47 Å². The van der Waals surface area contributed by atoms with E-state index in [-0.39, 0.29) is 11.5 Å². The number of fused-ring (bicyclic) bond motifs is 5. The van der Waals surface area contributed by atoms with Crippen molar-refractivity contribution in [3.05, 3.63) is 71.8 Å². The standard InChI is InChI=1S/C20H18O4/c1-23-20-18(22)12-15-4-2-3-5-16(21)9-6-14-7-10-17(11-8-14)24-19(20)13-15/h2-13,16,21-22H,1H3/b4-2?,5-3+,9-6?/t16-/m1/s1. The third-order valence-corrected chi connectivity index (χ3v) is 3.56. The van der Waals surface area contributed by atoms with Gasteiger partial charge in [0.05, 0.1) is 13.2 Å². The van der Waals surface area contributed by atoms with Gasteiger partial charge in [-0.15, -0.1) is 0 Å². The molecule has 4 bridgehead atoms. The van der Waals surface area contributed by atoms with Gasteiger partial charge in [0.2, 0.25) is 5.75 Å². The number of aliphatic hydroxyl groups is 1. The molecule has 0 aliphatic carbocycles. The smallest absolute Gasteiger partial charge is 0.203 e. The highest BCUT2D eigenvalue weighted by Gasteiger charge is 2.12. The Labute approximate surface area is 140 Å². The fourth-order valence-corrected chi connectivity index (χ4v) is 2.38. The summed E-state index contributed by atoms with van der Waals surface area (Å²) in [5.41, 5.74) is 1.70. The van der Waals surface area contributed by atoms with Crippen molar-refractivity contribution < 1.29 is 19.7 Å². The number of aliphatic hydroxyl groups excluding tert-OH is 1. The van der Waals surface area contributed by atoms with Crippen LogP contribution in [0.2, 0.25) is 0 Å². The zero-order valence-electron chi connectivity index (χ0n) is 13.2. The first-order valence-electron chi connectivity index (χ1n) is 7.56. The highest BCUT2D eigenvalue weighted by atomic mass is 16.5. The van der Waals surface area contributed by atoms with Crippen molar-refractivity contribution >= 4 is 12.2 Å². The van der Waals surface area contributed by atoms with E-state index in [0.29, 0.717) is 11.5 Å². The molecule has 122 valence electrons. The lowest BCUT2D eigenvalue weighted by atomic mass is 10.1. The molecule has 0 saturated heterocycles. The Balaban J connectivity index is 2.09. The third-order valence-electron chi connectivity index (χ3n) is 3.56. The fourth-order valence-electron chi connectivity index (χ4n) is 2.38. The van der Waals surface area contributed by atoms with E-state index in [1.165, 1.54) is 7.11 Å². The maximum Gasteiger partial charge on any atom is 0.203 e. The number of methoxy groups -OCH3 is 1. The zero-order valence-corrected chi connectivity index (χ0v) is 13.2. The number of aromatic hydroxyl groups is 1. The highest BCUT2D eigenvalue weighted by molar-refractivity contribution is 5.63. The Bertz CT molecular complexity index is 801. The van der Waals surface area contributed by atoms with Gasteiger partial charge in [-0.05, 0) is 35.4 Å². The summed E-state index contributed by atoms with van der Waals surface area (Å²) in [6.45, 7) is 0. The van der Waals surface area contributed by atoms with Gasteiger partial charge in [-0.2, -0.15) is 0 Å². The van der Waals surface area contributed by atoms with Crippen molar-refractivity contribution in [1.29, 1.82) is 0 Å². The minimum absolute atomic E-state index is 0.00117. The van der Waals surface area contributed by atoms with Crippen LogP contribution >= 0.6 is 0 Å². The molecule has 4 nitrogen and oxygen atoms in total. The van der Waals surface area contributed by atoms with Gasteiger partial charge in [-0.25, -0.2) is 0 Å². The molecule has 0 radical (unpaired) electrons. The first-order chi connectivity index (χ1) is 11.7. The molecule has 4 heteroatoms. The molecule has 24 heavy (non-hydrogen) atoms. The lowest BCUT2D eigenvalue weighted by Crippen LogP contribution is -1.94. The molecule has 2 heterocycles. The molecule has 0 aromatic heterocycles. The Morgan fingerprint density at radius 2 is 1.75 bits per heavy atom. The lowest BCUT2D eigenvalue weighted by molar-refractivity contribution is 0.272. The molecule has 4 rings (SSSR count). The van der Waals surface area contributed by atoms with E-state index in [0.717, 1.165) is 11.1 Å². The van der Waals surface area contributed by atoms with Crippen LogP contribution < -0.4 is 9.47 Å². The average Bonchev–Trinajstić information content (AvgIpc) is 2.58. The summed E-state index contributed by atoms with van der Waals surface area (Å²) < 4.78 is 11.1. The van der Waals surface area contributed by atoms with Gasteiger partial charge in [-0.3, -0.25) is 0 Å². The van der Waals surface area contributed by atoms with Crippen LogP contribution in [-0.2, 0) is 0 Å². The van der Waals surface area contributed by atoms with Crippen LogP contribution in [0.1, 0.15) is 11.1 Å². The molecule has 2 aromatic carbocycles. The van der Waals surface area contributed by atoms with Crippen molar-refractivity contribution in [2.24, 2.45) is 0 Å². The van der Waals surface area contributed by atoms with Gasteiger partial charge in [0.15, 0.2) is 11.5 Å². The number of phenolic OH excluding ortho intramolecular Hbond substituents is 1. The second-order valence-electron chi connectivity index (χ2n) is 5.34. The largest absolute Gasteiger partial charge is 0.504 e. The third kappa shape index (κ3) is 3.67. The number of allylic oxidation sites excluding steroid dienone is 2. The van der Waals surface area contributed by atoms with Crippen molar-refractivity contribution in [2.75, 3.05) is 7.11 Å². The van der Waals surface area contributed by atoms with Crippen molar-refractivity contribution in [2.45, 2.75) is 6.10 Å². The molecule has 2 aromatic rings. The first-order valence-corrected chi connectivity index (χ1v) is 7.56. The predicted octanol–water partition coefficient (Wildman–Crippen LogP) is 4.15. The van der Waals surface area contributed by atoms with Crippen LogP contribution in [0.25, 0.3) is 12.2 Å². The summed E-state index contributed by atoms with van der Waals surface area (Å²) in [5, 5.41) is 20.0. The maximum atomic E-state index is 10.1. The number of phenols is 1. The molecule has 0 spiro atoms. The number of hydrogen-bond donors (Lipinski definition) is 2. The molecule has 1 atom stereocenters. The predicted molar refractivity (Wildman–Crippen MR) is 94.4 cm³/mol. The molecule has 0 unspecified atom stereocenters. The van der Waals surface area contributed by atoms with Crippen LogP contribution in [0.5, 0.6) is 23.0 Å². The zero-order chi connectivity index (χ0) is 16.9. The average molecular weight is 322 g/mol. The van der Waals surface area contributed by atoms with Crippen molar-refractivity contribution in [1.82, 2.24) is 0 Å². The summed E-state index contributed by atoms with van der Waals surface area (Å²) in [7, 11) is 1.48. The molecular weight excluding hydrogens is 304 g/mol. The summed E-state index contributed by atoms with van der Waals surface area (Å²) in [6.07, 6.45) is 9.88. The molecule has 2 aliphatic rings. The van der Waals surface area contributed by atoms with Crippen LogP contribution in [-0.4, -0.2) is 23.4 Å². The molecular formula is C20H18O4. The van der Waals surface area contributed by atoms with Gasteiger partial charge in [-0.1, -0.05) is 48.6 Å². The minimum atomic E-state index is -0.671. The van der Waals surface area contributed by atoms with Crippen LogP contribution in [0.15, 0.2) is 60.7 Å². The normalized spacial score (nSPS) is 17.7. The minimum Gasteiger partial charge on any atom is -0.504 e. The summed E-state index contributed by atoms with van der Waals surface area (Å²) in [6, 6.07) is 10.8. The topological polar surface area (TPSA) is 58.9 Å². The molecule has 2 aliphatic heterocycles. The van der Waals surface area contributed by atoms with Gasteiger partial charge in [0.25, 0.3) is 0 Å². The Morgan fingerprint density at radius 1 is 0.958 bits per heavy atom. The van der Waals surface area contributed by atoms with Gasteiger partial charge in [0.1, 0.15) is 5.75 Å². The molecule has 0 amide bonds. The maximum absolute atomic E-state index is 10.1.